The molecule has 0 saturated heterocycles. The first-order valence-corrected chi connectivity index (χ1v) is 7.16. The Kier molecular flexibility index (Phi) is 2.71. The van der Waals surface area contributed by atoms with Crippen molar-refractivity contribution in [1.29, 1.82) is 0 Å². The molecule has 0 fully saturated rings. The van der Waals surface area contributed by atoms with Crippen LogP contribution in [0.15, 0.2) is 30.3 Å². The second-order valence-electron chi connectivity index (χ2n) is 5.59. The summed E-state index contributed by atoms with van der Waals surface area (Å²) in [6, 6.07) is 9.40. The van der Waals surface area contributed by atoms with Crippen LogP contribution in [-0.4, -0.2) is 23.9 Å². The Morgan fingerprint density at radius 3 is 2.90 bits per heavy atom. The van der Waals surface area contributed by atoms with Gasteiger partial charge in [0, 0.05) is 5.56 Å². The van der Waals surface area contributed by atoms with E-state index >= 15 is 0 Å². The van der Waals surface area contributed by atoms with Crippen LogP contribution in [0.5, 0.6) is 11.5 Å². The summed E-state index contributed by atoms with van der Waals surface area (Å²) in [5.41, 5.74) is 4.86. The van der Waals surface area contributed by atoms with Crippen LogP contribution < -0.4 is 10.1 Å². The minimum Gasteiger partial charge on any atom is -0.504 e. The number of nitrogens with one attached hydrogen (secondary N) is 1. The standard InChI is InChI=1S/C17H17NO3/c1-21-17-12(19)8-9-6-7-18-15-13(9)14(17)10-4-2-3-5-11(10)16(15)20/h2-5,8,15-16,18-20H,6-7H2,1H3/t15-,16+/m0/s1. The van der Waals surface area contributed by atoms with Gasteiger partial charge < -0.3 is 20.3 Å². The van der Waals surface area contributed by atoms with E-state index in [0.29, 0.717) is 5.75 Å². The molecule has 1 aliphatic carbocycles. The Morgan fingerprint density at radius 1 is 1.29 bits per heavy atom. The van der Waals surface area contributed by atoms with Crippen molar-refractivity contribution in [2.24, 2.45) is 0 Å². The summed E-state index contributed by atoms with van der Waals surface area (Å²) in [5.74, 6) is 0.653. The van der Waals surface area contributed by atoms with E-state index in [0.717, 1.165) is 40.8 Å². The molecule has 3 N–H and O–H groups in total. The Morgan fingerprint density at radius 2 is 2.10 bits per heavy atom. The number of aliphatic hydroxyl groups is 1. The van der Waals surface area contributed by atoms with Crippen molar-refractivity contribution >= 4 is 0 Å². The molecule has 21 heavy (non-hydrogen) atoms. The van der Waals surface area contributed by atoms with Crippen LogP contribution in [0.4, 0.5) is 0 Å². The van der Waals surface area contributed by atoms with E-state index in [9.17, 15) is 10.2 Å². The van der Waals surface area contributed by atoms with E-state index in [2.05, 4.69) is 5.32 Å². The van der Waals surface area contributed by atoms with E-state index < -0.39 is 6.10 Å². The minimum absolute atomic E-state index is 0.145. The second-order valence-corrected chi connectivity index (χ2v) is 5.59. The number of methoxy groups -OCH3 is 1. The fourth-order valence-electron chi connectivity index (χ4n) is 3.65. The lowest BCUT2D eigenvalue weighted by molar-refractivity contribution is 0.123. The summed E-state index contributed by atoms with van der Waals surface area (Å²) in [5, 5.41) is 24.4. The van der Waals surface area contributed by atoms with Crippen LogP contribution in [-0.2, 0) is 6.42 Å². The second kappa shape index (κ2) is 4.48. The zero-order chi connectivity index (χ0) is 14.6. The van der Waals surface area contributed by atoms with Crippen LogP contribution in [0.2, 0.25) is 0 Å². The Hall–Kier alpha value is -2.04. The van der Waals surface area contributed by atoms with Crippen molar-refractivity contribution in [1.82, 2.24) is 5.32 Å². The molecule has 4 heteroatoms. The number of aliphatic hydroxyl groups excluding tert-OH is 1. The highest BCUT2D eigenvalue weighted by atomic mass is 16.5. The lowest BCUT2D eigenvalue weighted by Gasteiger charge is -2.38. The highest BCUT2D eigenvalue weighted by Gasteiger charge is 2.38. The van der Waals surface area contributed by atoms with Gasteiger partial charge >= 0.3 is 0 Å². The molecular weight excluding hydrogens is 266 g/mol. The molecule has 2 aromatic carbocycles. The molecule has 0 saturated carbocycles. The number of aromatic hydroxyl groups is 1. The number of phenolic OH excluding ortho intramolecular Hbond substituents is 1. The summed E-state index contributed by atoms with van der Waals surface area (Å²) in [6.07, 6.45) is 0.257. The smallest absolute Gasteiger partial charge is 0.168 e. The molecule has 2 aromatic rings. The van der Waals surface area contributed by atoms with Crippen LogP contribution in [0.3, 0.4) is 0 Å². The lowest BCUT2D eigenvalue weighted by Crippen LogP contribution is -2.36. The molecule has 0 unspecified atom stereocenters. The normalized spacial score (nSPS) is 22.4. The summed E-state index contributed by atoms with van der Waals surface area (Å²) < 4.78 is 5.45. The topological polar surface area (TPSA) is 61.7 Å². The monoisotopic (exact) mass is 283 g/mol. The number of fused-ring (bicyclic) bond motifs is 2. The number of hydrogen-bond donors (Lipinski definition) is 3. The Bertz CT molecular complexity index is 726. The largest absolute Gasteiger partial charge is 0.504 e. The molecule has 1 aliphatic heterocycles. The van der Waals surface area contributed by atoms with E-state index in [4.69, 9.17) is 4.74 Å². The number of hydrogen-bond acceptors (Lipinski definition) is 4. The lowest BCUT2D eigenvalue weighted by atomic mass is 9.76. The number of rotatable bonds is 1. The molecule has 2 aliphatic rings. The molecular formula is C17H17NO3. The Labute approximate surface area is 123 Å². The maximum atomic E-state index is 10.7. The zero-order valence-corrected chi connectivity index (χ0v) is 11.8. The van der Waals surface area contributed by atoms with Crippen molar-refractivity contribution in [3.8, 4) is 22.6 Å². The van der Waals surface area contributed by atoms with Crippen molar-refractivity contribution in [3.05, 3.63) is 47.0 Å². The fraction of sp³-hybridized carbons (Fsp3) is 0.294. The van der Waals surface area contributed by atoms with Gasteiger partial charge in [0.15, 0.2) is 11.5 Å². The number of benzene rings is 2. The average Bonchev–Trinajstić information content (AvgIpc) is 2.51. The average molecular weight is 283 g/mol. The third-order valence-corrected chi connectivity index (χ3v) is 4.52. The van der Waals surface area contributed by atoms with Gasteiger partial charge in [0.2, 0.25) is 0 Å². The molecule has 0 radical (unpaired) electrons. The van der Waals surface area contributed by atoms with Crippen LogP contribution >= 0.6 is 0 Å². The van der Waals surface area contributed by atoms with Gasteiger partial charge in [-0.15, -0.1) is 0 Å². The maximum Gasteiger partial charge on any atom is 0.168 e. The third kappa shape index (κ3) is 1.63. The predicted octanol–water partition coefficient (Wildman–Crippen LogP) is 2.30. The van der Waals surface area contributed by atoms with Gasteiger partial charge in [0.05, 0.1) is 19.3 Å². The highest BCUT2D eigenvalue weighted by Crippen LogP contribution is 2.53. The first-order valence-electron chi connectivity index (χ1n) is 7.16. The van der Waals surface area contributed by atoms with Crippen molar-refractivity contribution in [3.63, 3.8) is 0 Å². The van der Waals surface area contributed by atoms with Crippen LogP contribution in [0, 0.1) is 0 Å². The molecule has 4 nitrogen and oxygen atoms in total. The van der Waals surface area contributed by atoms with E-state index in [1.54, 1.807) is 13.2 Å². The summed E-state index contributed by atoms with van der Waals surface area (Å²) in [4.78, 5) is 0. The van der Waals surface area contributed by atoms with E-state index in [-0.39, 0.29) is 11.8 Å². The van der Waals surface area contributed by atoms with Gasteiger partial charge in [-0.25, -0.2) is 0 Å². The first-order chi connectivity index (χ1) is 10.2. The molecule has 0 bridgehead atoms. The number of phenols is 1. The molecule has 4 rings (SSSR count). The molecule has 2 atom stereocenters. The Balaban J connectivity index is 2.12. The van der Waals surface area contributed by atoms with Crippen LogP contribution in [0.25, 0.3) is 11.1 Å². The SMILES string of the molecule is COc1c(O)cc2c3c1-c1ccccc1[C@@H](O)[C@H]3NCC2. The summed E-state index contributed by atoms with van der Waals surface area (Å²) >= 11 is 0. The van der Waals surface area contributed by atoms with E-state index in [1.807, 2.05) is 24.3 Å². The van der Waals surface area contributed by atoms with E-state index in [1.165, 1.54) is 0 Å². The predicted molar refractivity (Wildman–Crippen MR) is 79.5 cm³/mol. The molecule has 0 amide bonds. The van der Waals surface area contributed by atoms with Crippen molar-refractivity contribution in [2.45, 2.75) is 18.6 Å². The zero-order valence-electron chi connectivity index (χ0n) is 11.8. The van der Waals surface area contributed by atoms with Gasteiger partial charge in [0.1, 0.15) is 0 Å². The summed E-state index contributed by atoms with van der Waals surface area (Å²) in [7, 11) is 1.57. The molecule has 108 valence electrons. The maximum absolute atomic E-state index is 10.7. The molecule has 0 aromatic heterocycles. The van der Waals surface area contributed by atoms with Gasteiger partial charge in [0.25, 0.3) is 0 Å². The first kappa shape index (κ1) is 12.7. The van der Waals surface area contributed by atoms with Gasteiger partial charge in [-0.3, -0.25) is 0 Å². The third-order valence-electron chi connectivity index (χ3n) is 4.52. The molecule has 0 spiro atoms. The summed E-state index contributed by atoms with van der Waals surface area (Å²) in [6.45, 7) is 0.794. The van der Waals surface area contributed by atoms with Gasteiger partial charge in [-0.05, 0) is 41.3 Å². The highest BCUT2D eigenvalue weighted by molar-refractivity contribution is 5.83. The fourth-order valence-corrected chi connectivity index (χ4v) is 3.65. The van der Waals surface area contributed by atoms with Crippen LogP contribution in [0.1, 0.15) is 28.8 Å². The minimum atomic E-state index is -0.581. The quantitative estimate of drug-likeness (QED) is 0.751. The van der Waals surface area contributed by atoms with Gasteiger partial charge in [-0.1, -0.05) is 24.3 Å². The number of ether oxygens (including phenoxy) is 1. The van der Waals surface area contributed by atoms with Crippen molar-refractivity contribution < 1.29 is 14.9 Å². The molecule has 1 heterocycles. The van der Waals surface area contributed by atoms with Crippen molar-refractivity contribution in [2.75, 3.05) is 13.7 Å². The van der Waals surface area contributed by atoms with Gasteiger partial charge in [-0.2, -0.15) is 0 Å².